The van der Waals surface area contributed by atoms with Gasteiger partial charge in [-0.05, 0) is 116 Å². The zero-order valence-corrected chi connectivity index (χ0v) is 52.6. The van der Waals surface area contributed by atoms with Crippen LogP contribution in [0.2, 0.25) is 0 Å². The highest BCUT2D eigenvalue weighted by atomic mass is 31.2. The Balaban J connectivity index is 4.25. The van der Waals surface area contributed by atoms with Crippen LogP contribution in [-0.2, 0) is 18.4 Å². The van der Waals surface area contributed by atoms with Gasteiger partial charge in [-0.1, -0.05) is 268 Å². The SMILES string of the molecule is CC/C=C\C/C=C\C/C=C\C/C=C\C/C=C\C/C=C\C/C=C\C/C=C\C/C=C\C/C=C\C/C=C\CCCCCCCC(=O)NC(COP(=O)([O-])OCC[N+](C)(C)C)C(O)/C=C/CC/C=C/CCCCCCCCCCCCCCC. The third-order valence-corrected chi connectivity index (χ3v) is 14.2. The van der Waals surface area contributed by atoms with Gasteiger partial charge in [0.2, 0.25) is 5.91 Å². The van der Waals surface area contributed by atoms with Gasteiger partial charge in [-0.2, -0.15) is 0 Å². The summed E-state index contributed by atoms with van der Waals surface area (Å²) in [5.74, 6) is -0.232. The van der Waals surface area contributed by atoms with Crippen LogP contribution in [0.1, 0.15) is 232 Å². The molecular weight excluding hydrogens is 1010 g/mol. The topological polar surface area (TPSA) is 108 Å². The number of carbonyl (C=O) groups excluding carboxylic acids is 1. The summed E-state index contributed by atoms with van der Waals surface area (Å²) in [5.41, 5.74) is 0. The first-order valence-electron chi connectivity index (χ1n) is 31.8. The number of aliphatic hydroxyl groups excluding tert-OH is 1. The maximum Gasteiger partial charge on any atom is 0.268 e. The summed E-state index contributed by atoms with van der Waals surface area (Å²) in [6.45, 7) is 4.49. The molecule has 9 heteroatoms. The van der Waals surface area contributed by atoms with Gasteiger partial charge in [-0.15, -0.1) is 0 Å². The molecule has 1 amide bonds. The van der Waals surface area contributed by atoms with E-state index >= 15 is 0 Å². The number of amides is 1. The van der Waals surface area contributed by atoms with E-state index in [1.165, 1.54) is 83.5 Å². The van der Waals surface area contributed by atoms with Crippen LogP contribution in [-0.4, -0.2) is 68.5 Å². The highest BCUT2D eigenvalue weighted by molar-refractivity contribution is 7.45. The Kier molecular flexibility index (Phi) is 56.8. The van der Waals surface area contributed by atoms with E-state index < -0.39 is 26.6 Å². The van der Waals surface area contributed by atoms with Gasteiger partial charge in [0.1, 0.15) is 13.2 Å². The van der Waals surface area contributed by atoms with Crippen LogP contribution in [0.3, 0.4) is 0 Å². The summed E-state index contributed by atoms with van der Waals surface area (Å²) in [6.07, 6.45) is 93.4. The smallest absolute Gasteiger partial charge is 0.268 e. The number of phosphoric acid groups is 1. The summed E-state index contributed by atoms with van der Waals surface area (Å²) in [5, 5.41) is 13.9. The van der Waals surface area contributed by atoms with E-state index in [-0.39, 0.29) is 12.5 Å². The molecule has 0 aliphatic carbocycles. The van der Waals surface area contributed by atoms with Crippen LogP contribution >= 0.6 is 7.82 Å². The quantitative estimate of drug-likeness (QED) is 0.0272. The molecule has 0 heterocycles. The number of aliphatic hydroxyl groups is 1. The highest BCUT2D eigenvalue weighted by Gasteiger charge is 2.23. The zero-order chi connectivity index (χ0) is 58.4. The highest BCUT2D eigenvalue weighted by Crippen LogP contribution is 2.38. The van der Waals surface area contributed by atoms with Crippen LogP contribution in [0, 0.1) is 0 Å². The predicted molar refractivity (Wildman–Crippen MR) is 347 cm³/mol. The second-order valence-electron chi connectivity index (χ2n) is 22.0. The molecule has 3 atom stereocenters. The second kappa shape index (κ2) is 59.7. The molecule has 0 aromatic rings. The van der Waals surface area contributed by atoms with E-state index in [1.54, 1.807) is 6.08 Å². The molecule has 0 aliphatic rings. The lowest BCUT2D eigenvalue weighted by Gasteiger charge is -2.29. The van der Waals surface area contributed by atoms with Gasteiger partial charge in [0.05, 0.1) is 39.9 Å². The number of rotatable bonds is 56. The van der Waals surface area contributed by atoms with E-state index in [0.717, 1.165) is 128 Å². The molecule has 2 N–H and O–H groups in total. The summed E-state index contributed by atoms with van der Waals surface area (Å²) in [7, 11) is 1.21. The number of hydrogen-bond acceptors (Lipinski definition) is 6. The van der Waals surface area contributed by atoms with Gasteiger partial charge in [0, 0.05) is 6.42 Å². The monoisotopic (exact) mass is 1130 g/mol. The van der Waals surface area contributed by atoms with E-state index in [0.29, 0.717) is 17.4 Å². The molecule has 0 saturated carbocycles. The van der Waals surface area contributed by atoms with E-state index in [9.17, 15) is 19.4 Å². The molecular formula is C71H119N2O6P. The van der Waals surface area contributed by atoms with Crippen LogP contribution in [0.25, 0.3) is 0 Å². The first-order chi connectivity index (χ1) is 39.0. The molecule has 0 spiro atoms. The molecule has 0 rings (SSSR count). The lowest BCUT2D eigenvalue weighted by atomic mass is 10.0. The number of nitrogens with zero attached hydrogens (tertiary/aromatic N) is 1. The number of likely N-dealkylation sites (N-methyl/N-ethyl adjacent to an activating group) is 1. The number of carbonyl (C=O) groups is 1. The van der Waals surface area contributed by atoms with Gasteiger partial charge < -0.3 is 28.8 Å². The first kappa shape index (κ1) is 76.1. The summed E-state index contributed by atoms with van der Waals surface area (Å²) in [4.78, 5) is 25.5. The minimum absolute atomic E-state index is 0.0188. The predicted octanol–water partition coefficient (Wildman–Crippen LogP) is 19.6. The molecule has 0 bridgehead atoms. The number of phosphoric ester groups is 1. The molecule has 454 valence electrons. The number of allylic oxidation sites excluding steroid dienone is 25. The average Bonchev–Trinajstić information content (AvgIpc) is 3.42. The molecule has 0 saturated heterocycles. The molecule has 0 aromatic carbocycles. The molecule has 8 nitrogen and oxygen atoms in total. The fourth-order valence-electron chi connectivity index (χ4n) is 8.29. The van der Waals surface area contributed by atoms with Crippen LogP contribution in [0.4, 0.5) is 0 Å². The van der Waals surface area contributed by atoms with E-state index in [4.69, 9.17) is 9.05 Å². The Morgan fingerprint density at radius 3 is 1.16 bits per heavy atom. The lowest BCUT2D eigenvalue weighted by molar-refractivity contribution is -0.870. The van der Waals surface area contributed by atoms with Crippen molar-refractivity contribution in [2.45, 2.75) is 244 Å². The third-order valence-electron chi connectivity index (χ3n) is 13.2. The van der Waals surface area contributed by atoms with Crippen LogP contribution in [0.15, 0.2) is 158 Å². The van der Waals surface area contributed by atoms with Crippen molar-refractivity contribution >= 4 is 13.7 Å². The summed E-state index contributed by atoms with van der Waals surface area (Å²) >= 11 is 0. The molecule has 3 unspecified atom stereocenters. The van der Waals surface area contributed by atoms with Gasteiger partial charge in [0.15, 0.2) is 0 Å². The van der Waals surface area contributed by atoms with Crippen molar-refractivity contribution < 1.29 is 32.9 Å². The van der Waals surface area contributed by atoms with Gasteiger partial charge in [-0.25, -0.2) is 0 Å². The molecule has 0 fully saturated rings. The molecule has 0 radical (unpaired) electrons. The van der Waals surface area contributed by atoms with Crippen molar-refractivity contribution in [1.29, 1.82) is 0 Å². The number of unbranched alkanes of at least 4 members (excludes halogenated alkanes) is 19. The average molecular weight is 1130 g/mol. The zero-order valence-electron chi connectivity index (χ0n) is 51.7. The Morgan fingerprint density at radius 2 is 0.775 bits per heavy atom. The third kappa shape index (κ3) is 61.7. The second-order valence-corrected chi connectivity index (χ2v) is 23.4. The van der Waals surface area contributed by atoms with Crippen LogP contribution < -0.4 is 10.2 Å². The van der Waals surface area contributed by atoms with Crippen molar-refractivity contribution in [2.24, 2.45) is 0 Å². The van der Waals surface area contributed by atoms with Crippen molar-refractivity contribution in [3.63, 3.8) is 0 Å². The van der Waals surface area contributed by atoms with Gasteiger partial charge in [0.25, 0.3) is 7.82 Å². The van der Waals surface area contributed by atoms with E-state index in [1.807, 2.05) is 27.2 Å². The Labute approximate surface area is 492 Å². The molecule has 80 heavy (non-hydrogen) atoms. The maximum absolute atomic E-state index is 13.0. The minimum Gasteiger partial charge on any atom is -0.756 e. The van der Waals surface area contributed by atoms with Crippen molar-refractivity contribution in [2.75, 3.05) is 40.9 Å². The fourth-order valence-corrected chi connectivity index (χ4v) is 9.01. The van der Waals surface area contributed by atoms with Crippen LogP contribution in [0.5, 0.6) is 0 Å². The Hall–Kier alpha value is -3.88. The number of nitrogens with one attached hydrogen (secondary N) is 1. The maximum atomic E-state index is 13.0. The summed E-state index contributed by atoms with van der Waals surface area (Å²) in [6, 6.07) is -0.927. The fraction of sp³-hybridized carbons (Fsp3) is 0.620. The van der Waals surface area contributed by atoms with Gasteiger partial charge >= 0.3 is 0 Å². The summed E-state index contributed by atoms with van der Waals surface area (Å²) < 4.78 is 23.3. The Morgan fingerprint density at radius 1 is 0.450 bits per heavy atom. The van der Waals surface area contributed by atoms with Gasteiger partial charge in [-0.3, -0.25) is 9.36 Å². The van der Waals surface area contributed by atoms with Crippen molar-refractivity contribution in [3.8, 4) is 0 Å². The molecule has 0 aliphatic heterocycles. The Bertz CT molecular complexity index is 1860. The van der Waals surface area contributed by atoms with Crippen molar-refractivity contribution in [1.82, 2.24) is 5.32 Å². The van der Waals surface area contributed by atoms with Crippen molar-refractivity contribution in [3.05, 3.63) is 158 Å². The standard InChI is InChI=1S/C71H119N2O6P/c1-6-8-10-12-14-16-18-20-22-24-26-27-28-29-30-31-32-33-34-35-36-37-38-39-40-41-42-43-44-45-47-49-51-53-55-57-59-61-63-65-71(75)72-69(68-79-80(76,77)78-67-66-73(3,4)5)70(74)64-62-60-58-56-54-52-50-48-46-25-23-21-19-17-15-13-11-9-7-2/h8,10,14,16,20,22,26-27,29-30,32-33,35-36,38-39,41-42,44-45,49,51,54,56,62,64,69-70,74H,6-7,9,11-13,15,17-19,21,23-25,28,31,34,37,40,43,46-48,50,52-53,55,57-61,63,65-68H2,1-5H3,(H-,72,75,76,77)/b10-8-,16-14-,22-20-,27-26-,30-29-,33-32-,36-35-,39-38-,42-41-,45-44-,51-49-,56-54+,64-62+. The first-order valence-corrected chi connectivity index (χ1v) is 33.3. The normalized spacial score (nSPS) is 14.8. The molecule has 0 aromatic heterocycles. The number of hydrogen-bond donors (Lipinski definition) is 2. The number of quaternary nitrogens is 1. The van der Waals surface area contributed by atoms with E-state index in [2.05, 4.69) is 165 Å². The largest absolute Gasteiger partial charge is 0.756 e. The minimum atomic E-state index is -4.62. The lowest BCUT2D eigenvalue weighted by Crippen LogP contribution is -2.45.